The zero-order valence-corrected chi connectivity index (χ0v) is 9.67. The SMILES string of the molecule is CC#Cc1cc(-c2noc(C)n2)ccc1Cl. The van der Waals surface area contributed by atoms with E-state index in [1.54, 1.807) is 19.9 Å². The Morgan fingerprint density at radius 3 is 2.81 bits per heavy atom. The summed E-state index contributed by atoms with van der Waals surface area (Å²) in [4.78, 5) is 4.14. The first-order valence-corrected chi connectivity index (χ1v) is 5.11. The van der Waals surface area contributed by atoms with Crippen LogP contribution in [0.4, 0.5) is 0 Å². The maximum absolute atomic E-state index is 6.00. The standard InChI is InChI=1S/C12H9ClN2O/c1-3-4-9-7-10(5-6-11(9)13)12-14-8(2)16-15-12/h5-7H,1-2H3. The van der Waals surface area contributed by atoms with Crippen molar-refractivity contribution in [2.45, 2.75) is 13.8 Å². The monoisotopic (exact) mass is 232 g/mol. The first kappa shape index (κ1) is 10.7. The Morgan fingerprint density at radius 2 is 2.19 bits per heavy atom. The van der Waals surface area contributed by atoms with Gasteiger partial charge >= 0.3 is 0 Å². The van der Waals surface area contributed by atoms with E-state index in [-0.39, 0.29) is 0 Å². The Hall–Kier alpha value is -1.79. The van der Waals surface area contributed by atoms with Gasteiger partial charge in [-0.15, -0.1) is 5.92 Å². The summed E-state index contributed by atoms with van der Waals surface area (Å²) < 4.78 is 4.92. The Balaban J connectivity index is 2.49. The van der Waals surface area contributed by atoms with Crippen LogP contribution >= 0.6 is 11.6 Å². The number of rotatable bonds is 1. The number of aryl methyl sites for hydroxylation is 1. The molecule has 80 valence electrons. The fourth-order valence-electron chi connectivity index (χ4n) is 1.31. The minimum atomic E-state index is 0.535. The molecule has 0 saturated carbocycles. The van der Waals surface area contributed by atoms with E-state index in [1.165, 1.54) is 0 Å². The van der Waals surface area contributed by atoms with E-state index < -0.39 is 0 Å². The van der Waals surface area contributed by atoms with Crippen molar-refractivity contribution in [3.05, 3.63) is 34.7 Å². The van der Waals surface area contributed by atoms with E-state index in [0.29, 0.717) is 16.7 Å². The van der Waals surface area contributed by atoms with Gasteiger partial charge in [0.15, 0.2) is 0 Å². The van der Waals surface area contributed by atoms with Gasteiger partial charge in [0.2, 0.25) is 11.7 Å². The van der Waals surface area contributed by atoms with Crippen molar-refractivity contribution in [3.8, 4) is 23.2 Å². The second-order valence-corrected chi connectivity index (χ2v) is 3.61. The summed E-state index contributed by atoms with van der Waals surface area (Å²) in [6.07, 6.45) is 0. The highest BCUT2D eigenvalue weighted by molar-refractivity contribution is 6.31. The van der Waals surface area contributed by atoms with Gasteiger partial charge in [-0.05, 0) is 25.1 Å². The molecule has 0 aliphatic heterocycles. The fraction of sp³-hybridized carbons (Fsp3) is 0.167. The van der Waals surface area contributed by atoms with E-state index >= 15 is 0 Å². The molecule has 0 unspecified atom stereocenters. The van der Waals surface area contributed by atoms with Crippen LogP contribution in [-0.2, 0) is 0 Å². The van der Waals surface area contributed by atoms with Gasteiger partial charge in [0, 0.05) is 18.1 Å². The number of halogens is 1. The second-order valence-electron chi connectivity index (χ2n) is 3.21. The molecule has 0 bridgehead atoms. The summed E-state index contributed by atoms with van der Waals surface area (Å²) in [7, 11) is 0. The van der Waals surface area contributed by atoms with Crippen LogP contribution in [-0.4, -0.2) is 10.1 Å². The molecular weight excluding hydrogens is 224 g/mol. The molecule has 4 heteroatoms. The fourth-order valence-corrected chi connectivity index (χ4v) is 1.48. The number of benzene rings is 1. The minimum Gasteiger partial charge on any atom is -0.339 e. The Morgan fingerprint density at radius 1 is 1.38 bits per heavy atom. The van der Waals surface area contributed by atoms with Crippen molar-refractivity contribution < 1.29 is 4.52 Å². The molecule has 1 aromatic carbocycles. The maximum atomic E-state index is 6.00. The van der Waals surface area contributed by atoms with E-state index in [2.05, 4.69) is 22.0 Å². The lowest BCUT2D eigenvalue weighted by Crippen LogP contribution is -1.84. The van der Waals surface area contributed by atoms with Crippen molar-refractivity contribution in [2.75, 3.05) is 0 Å². The molecule has 1 aromatic heterocycles. The van der Waals surface area contributed by atoms with E-state index in [0.717, 1.165) is 11.1 Å². The molecule has 0 saturated heterocycles. The van der Waals surface area contributed by atoms with Gasteiger partial charge in [-0.1, -0.05) is 22.7 Å². The van der Waals surface area contributed by atoms with Gasteiger partial charge in [0.05, 0.1) is 5.02 Å². The van der Waals surface area contributed by atoms with E-state index in [9.17, 15) is 0 Å². The van der Waals surface area contributed by atoms with Crippen molar-refractivity contribution in [3.63, 3.8) is 0 Å². The highest BCUT2D eigenvalue weighted by atomic mass is 35.5. The van der Waals surface area contributed by atoms with Crippen LogP contribution in [0.5, 0.6) is 0 Å². The molecule has 0 spiro atoms. The van der Waals surface area contributed by atoms with Gasteiger partial charge in [-0.25, -0.2) is 0 Å². The molecule has 2 rings (SSSR count). The summed E-state index contributed by atoms with van der Waals surface area (Å²) in [6, 6.07) is 5.47. The van der Waals surface area contributed by atoms with Crippen molar-refractivity contribution >= 4 is 11.6 Å². The molecule has 0 aliphatic carbocycles. The lowest BCUT2D eigenvalue weighted by atomic mass is 10.1. The molecule has 0 atom stereocenters. The average Bonchev–Trinajstić information content (AvgIpc) is 2.69. The molecule has 1 heterocycles. The lowest BCUT2D eigenvalue weighted by molar-refractivity contribution is 0.394. The second kappa shape index (κ2) is 4.38. The number of hydrogen-bond acceptors (Lipinski definition) is 3. The molecule has 0 aliphatic rings. The zero-order chi connectivity index (χ0) is 11.5. The zero-order valence-electron chi connectivity index (χ0n) is 8.91. The topological polar surface area (TPSA) is 38.9 Å². The third kappa shape index (κ3) is 2.07. The minimum absolute atomic E-state index is 0.535. The van der Waals surface area contributed by atoms with Crippen LogP contribution in [0.15, 0.2) is 22.7 Å². The first-order chi connectivity index (χ1) is 7.70. The summed E-state index contributed by atoms with van der Waals surface area (Å²) in [5, 5.41) is 4.46. The maximum Gasteiger partial charge on any atom is 0.223 e. The normalized spacial score (nSPS) is 9.69. The van der Waals surface area contributed by atoms with E-state index in [1.807, 2.05) is 12.1 Å². The smallest absolute Gasteiger partial charge is 0.223 e. The third-order valence-corrected chi connectivity index (χ3v) is 2.34. The highest BCUT2D eigenvalue weighted by Crippen LogP contribution is 2.22. The van der Waals surface area contributed by atoms with Crippen LogP contribution in [0.3, 0.4) is 0 Å². The molecule has 0 N–H and O–H groups in total. The van der Waals surface area contributed by atoms with Crippen LogP contribution in [0.1, 0.15) is 18.4 Å². The summed E-state index contributed by atoms with van der Waals surface area (Å²) in [5.74, 6) is 6.82. The van der Waals surface area contributed by atoms with Gasteiger partial charge in [-0.2, -0.15) is 4.98 Å². The number of nitrogens with zero attached hydrogens (tertiary/aromatic N) is 2. The largest absolute Gasteiger partial charge is 0.339 e. The number of aromatic nitrogens is 2. The summed E-state index contributed by atoms with van der Waals surface area (Å²) in [6.45, 7) is 3.51. The highest BCUT2D eigenvalue weighted by Gasteiger charge is 2.07. The summed E-state index contributed by atoms with van der Waals surface area (Å²) in [5.41, 5.74) is 1.61. The average molecular weight is 233 g/mol. The molecule has 16 heavy (non-hydrogen) atoms. The van der Waals surface area contributed by atoms with Crippen LogP contribution in [0, 0.1) is 18.8 Å². The van der Waals surface area contributed by atoms with Crippen molar-refractivity contribution in [2.24, 2.45) is 0 Å². The predicted octanol–water partition coefficient (Wildman–Crippen LogP) is 3.07. The Kier molecular flexibility index (Phi) is 2.93. The molecule has 0 amide bonds. The van der Waals surface area contributed by atoms with Crippen LogP contribution in [0.25, 0.3) is 11.4 Å². The molecule has 0 fully saturated rings. The van der Waals surface area contributed by atoms with Gasteiger partial charge in [-0.3, -0.25) is 0 Å². The van der Waals surface area contributed by atoms with Crippen molar-refractivity contribution in [1.82, 2.24) is 10.1 Å². The summed E-state index contributed by atoms with van der Waals surface area (Å²) >= 11 is 6.00. The first-order valence-electron chi connectivity index (χ1n) is 4.73. The Labute approximate surface area is 98.4 Å². The molecule has 3 nitrogen and oxygen atoms in total. The van der Waals surface area contributed by atoms with Gasteiger partial charge in [0.1, 0.15) is 0 Å². The van der Waals surface area contributed by atoms with Gasteiger partial charge < -0.3 is 4.52 Å². The molecule has 0 radical (unpaired) electrons. The molecule has 2 aromatic rings. The van der Waals surface area contributed by atoms with Gasteiger partial charge in [0.25, 0.3) is 0 Å². The third-order valence-electron chi connectivity index (χ3n) is 2.01. The Bertz CT molecular complexity index is 578. The predicted molar refractivity (Wildman–Crippen MR) is 62.0 cm³/mol. The van der Waals surface area contributed by atoms with E-state index in [4.69, 9.17) is 16.1 Å². The number of hydrogen-bond donors (Lipinski definition) is 0. The van der Waals surface area contributed by atoms with Crippen molar-refractivity contribution in [1.29, 1.82) is 0 Å². The molecular formula is C12H9ClN2O. The van der Waals surface area contributed by atoms with Crippen LogP contribution < -0.4 is 0 Å². The quantitative estimate of drug-likeness (QED) is 0.710. The lowest BCUT2D eigenvalue weighted by Gasteiger charge is -1.98. The van der Waals surface area contributed by atoms with Crippen LogP contribution in [0.2, 0.25) is 5.02 Å².